The minimum atomic E-state index is -3.86. The molecule has 0 aromatic carbocycles. The molecule has 7 heteroatoms. The van der Waals surface area contributed by atoms with Crippen molar-refractivity contribution in [2.75, 3.05) is 6.61 Å². The fourth-order valence-corrected chi connectivity index (χ4v) is 0.868. The summed E-state index contributed by atoms with van der Waals surface area (Å²) in [5, 5.41) is 21.3. The van der Waals surface area contributed by atoms with E-state index >= 15 is 0 Å². The van der Waals surface area contributed by atoms with Gasteiger partial charge in [-0.25, -0.2) is 5.14 Å². The second-order valence-corrected chi connectivity index (χ2v) is 3.02. The molecule has 0 radical (unpaired) electrons. The van der Waals surface area contributed by atoms with E-state index in [1.807, 2.05) is 0 Å². The van der Waals surface area contributed by atoms with Gasteiger partial charge in [-0.1, -0.05) is 0 Å². The largest absolute Gasteiger partial charge is 0.396 e. The lowest BCUT2D eigenvalue weighted by Gasteiger charge is -2.07. The van der Waals surface area contributed by atoms with Crippen LogP contribution >= 0.6 is 0 Å². The fourth-order valence-electron chi connectivity index (χ4n) is 0.371. The summed E-state index contributed by atoms with van der Waals surface area (Å²) >= 11 is 0. The topological polar surface area (TPSA) is 113 Å². The molecular formula is C3H10N2O4S. The smallest absolute Gasteiger partial charge is 0.276 e. The molecule has 0 fully saturated rings. The molecule has 1 unspecified atom stereocenters. The average Bonchev–Trinajstić information content (AvgIpc) is 1.59. The van der Waals surface area contributed by atoms with Gasteiger partial charge in [0.15, 0.2) is 0 Å². The first kappa shape index (κ1) is 9.79. The summed E-state index contributed by atoms with van der Waals surface area (Å²) in [6, 6.07) is 0. The molecule has 1 atom stereocenters. The lowest BCUT2D eigenvalue weighted by Crippen LogP contribution is -2.39. The number of hydrogen-bond acceptors (Lipinski definition) is 4. The molecule has 0 saturated heterocycles. The lowest BCUT2D eigenvalue weighted by atomic mass is 10.4. The Bertz CT molecular complexity index is 177. The third-order valence-corrected chi connectivity index (χ3v) is 1.30. The Morgan fingerprint density at radius 3 is 2.40 bits per heavy atom. The van der Waals surface area contributed by atoms with Crippen LogP contribution in [-0.2, 0) is 10.2 Å². The Morgan fingerprint density at radius 2 is 2.10 bits per heavy atom. The predicted octanol–water partition coefficient (Wildman–Crippen LogP) is -2.52. The molecule has 62 valence electrons. The van der Waals surface area contributed by atoms with Gasteiger partial charge in [-0.15, -0.1) is 0 Å². The maximum absolute atomic E-state index is 10.1. The monoisotopic (exact) mass is 170 g/mol. The molecule has 0 bridgehead atoms. The van der Waals surface area contributed by atoms with Crippen molar-refractivity contribution in [1.82, 2.24) is 4.72 Å². The first-order valence-electron chi connectivity index (χ1n) is 2.54. The predicted molar refractivity (Wildman–Crippen MR) is 34.0 cm³/mol. The van der Waals surface area contributed by atoms with E-state index in [1.165, 1.54) is 0 Å². The molecule has 0 aromatic rings. The van der Waals surface area contributed by atoms with Crippen LogP contribution < -0.4 is 9.86 Å². The molecule has 0 aliphatic rings. The van der Waals surface area contributed by atoms with Crippen molar-refractivity contribution in [3.05, 3.63) is 0 Å². The Morgan fingerprint density at radius 1 is 1.60 bits per heavy atom. The van der Waals surface area contributed by atoms with Crippen LogP contribution in [0, 0.1) is 0 Å². The van der Waals surface area contributed by atoms with E-state index in [1.54, 1.807) is 4.72 Å². The second kappa shape index (κ2) is 3.84. The molecule has 0 spiro atoms. The minimum Gasteiger partial charge on any atom is -0.396 e. The number of rotatable bonds is 4. The molecule has 6 nitrogen and oxygen atoms in total. The molecule has 10 heavy (non-hydrogen) atoms. The van der Waals surface area contributed by atoms with Crippen LogP contribution in [0.15, 0.2) is 0 Å². The van der Waals surface area contributed by atoms with Gasteiger partial charge in [-0.2, -0.15) is 13.1 Å². The highest BCUT2D eigenvalue weighted by Crippen LogP contribution is 1.84. The van der Waals surface area contributed by atoms with E-state index < -0.39 is 16.4 Å². The molecule has 0 rings (SSSR count). The van der Waals surface area contributed by atoms with Gasteiger partial charge in [0.25, 0.3) is 10.2 Å². The maximum Gasteiger partial charge on any atom is 0.276 e. The Balaban J connectivity index is 3.69. The van der Waals surface area contributed by atoms with Crippen molar-refractivity contribution in [1.29, 1.82) is 0 Å². The standard InChI is InChI=1S/C3H10N2O4S/c4-10(8,9)5-3(7)1-2-6/h3,5-7H,1-2H2,(H2,4,8,9). The number of aliphatic hydroxyl groups excluding tert-OH is 2. The molecular weight excluding hydrogens is 160 g/mol. The number of hydrogen-bond donors (Lipinski definition) is 4. The first-order valence-corrected chi connectivity index (χ1v) is 4.09. The van der Waals surface area contributed by atoms with Gasteiger partial charge in [-0.3, -0.25) is 0 Å². The quantitative estimate of drug-likeness (QED) is 0.349. The summed E-state index contributed by atoms with van der Waals surface area (Å²) in [5.74, 6) is 0. The van der Waals surface area contributed by atoms with Gasteiger partial charge in [0.05, 0.1) is 0 Å². The second-order valence-electron chi connectivity index (χ2n) is 1.69. The van der Waals surface area contributed by atoms with Gasteiger partial charge in [-0.05, 0) is 0 Å². The van der Waals surface area contributed by atoms with E-state index in [0.29, 0.717) is 0 Å². The summed E-state index contributed by atoms with van der Waals surface area (Å²) in [7, 11) is -3.86. The molecule has 0 heterocycles. The van der Waals surface area contributed by atoms with Gasteiger partial charge in [0.2, 0.25) is 0 Å². The number of aliphatic hydroxyl groups is 2. The molecule has 0 amide bonds. The first-order chi connectivity index (χ1) is 4.45. The normalized spacial score (nSPS) is 15.1. The molecule has 0 aliphatic heterocycles. The highest BCUT2D eigenvalue weighted by molar-refractivity contribution is 7.87. The molecule has 5 N–H and O–H groups in total. The maximum atomic E-state index is 10.1. The van der Waals surface area contributed by atoms with E-state index in [4.69, 9.17) is 10.2 Å². The highest BCUT2D eigenvalue weighted by atomic mass is 32.2. The van der Waals surface area contributed by atoms with Crippen molar-refractivity contribution >= 4 is 10.2 Å². The minimum absolute atomic E-state index is 0.0730. The molecule has 0 aliphatic carbocycles. The van der Waals surface area contributed by atoms with Gasteiger partial charge in [0.1, 0.15) is 6.23 Å². The van der Waals surface area contributed by atoms with Crippen LogP contribution in [0.1, 0.15) is 6.42 Å². The van der Waals surface area contributed by atoms with Crippen molar-refractivity contribution in [2.24, 2.45) is 5.14 Å². The van der Waals surface area contributed by atoms with Crippen molar-refractivity contribution in [2.45, 2.75) is 12.6 Å². The Labute approximate surface area is 58.8 Å². The van der Waals surface area contributed by atoms with Crippen LogP contribution in [0.5, 0.6) is 0 Å². The Hall–Kier alpha value is -0.210. The van der Waals surface area contributed by atoms with Crippen LogP contribution in [-0.4, -0.2) is 31.5 Å². The van der Waals surface area contributed by atoms with E-state index in [2.05, 4.69) is 5.14 Å². The third-order valence-electron chi connectivity index (χ3n) is 0.703. The van der Waals surface area contributed by atoms with Crippen LogP contribution in [0.4, 0.5) is 0 Å². The van der Waals surface area contributed by atoms with Crippen LogP contribution in [0.25, 0.3) is 0 Å². The summed E-state index contributed by atoms with van der Waals surface area (Å²) in [6.45, 7) is -0.302. The van der Waals surface area contributed by atoms with Crippen LogP contribution in [0.2, 0.25) is 0 Å². The summed E-state index contributed by atoms with van der Waals surface area (Å²) in [6.07, 6.45) is -1.38. The van der Waals surface area contributed by atoms with E-state index in [9.17, 15) is 8.42 Å². The van der Waals surface area contributed by atoms with E-state index in [0.717, 1.165) is 0 Å². The zero-order valence-corrected chi connectivity index (χ0v) is 6.00. The average molecular weight is 170 g/mol. The van der Waals surface area contributed by atoms with Gasteiger partial charge < -0.3 is 10.2 Å². The van der Waals surface area contributed by atoms with Crippen molar-refractivity contribution in [3.63, 3.8) is 0 Å². The zero-order chi connectivity index (χ0) is 8.20. The fraction of sp³-hybridized carbons (Fsp3) is 1.00. The third kappa shape index (κ3) is 5.92. The van der Waals surface area contributed by atoms with Crippen molar-refractivity contribution < 1.29 is 18.6 Å². The van der Waals surface area contributed by atoms with Gasteiger partial charge >= 0.3 is 0 Å². The summed E-state index contributed by atoms with van der Waals surface area (Å²) < 4.78 is 21.9. The SMILES string of the molecule is NS(=O)(=O)NC(O)CCO. The lowest BCUT2D eigenvalue weighted by molar-refractivity contribution is 0.124. The molecule has 0 saturated carbocycles. The number of nitrogens with one attached hydrogen (secondary N) is 1. The zero-order valence-electron chi connectivity index (χ0n) is 5.19. The van der Waals surface area contributed by atoms with E-state index in [-0.39, 0.29) is 13.0 Å². The Kier molecular flexibility index (Phi) is 3.76. The van der Waals surface area contributed by atoms with Crippen LogP contribution in [0.3, 0.4) is 0 Å². The highest BCUT2D eigenvalue weighted by Gasteiger charge is 2.08. The number of nitrogens with two attached hydrogens (primary N) is 1. The van der Waals surface area contributed by atoms with Crippen molar-refractivity contribution in [3.8, 4) is 0 Å². The van der Waals surface area contributed by atoms with Gasteiger partial charge in [0, 0.05) is 13.0 Å². The molecule has 0 aromatic heterocycles. The summed E-state index contributed by atoms with van der Waals surface area (Å²) in [4.78, 5) is 0. The summed E-state index contributed by atoms with van der Waals surface area (Å²) in [5.41, 5.74) is 0.